The average molecular weight is 242 g/mol. The Labute approximate surface area is 102 Å². The molecule has 3 amide bonds. The lowest BCUT2D eigenvalue weighted by Crippen LogP contribution is -2.48. The molecule has 1 aliphatic heterocycles. The van der Waals surface area contributed by atoms with E-state index < -0.39 is 6.03 Å². The van der Waals surface area contributed by atoms with E-state index in [2.05, 4.69) is 27.9 Å². The first-order chi connectivity index (χ1) is 8.02. The molecule has 1 aliphatic rings. The number of urea groups is 1. The van der Waals surface area contributed by atoms with E-state index in [1.807, 2.05) is 0 Å². The van der Waals surface area contributed by atoms with Crippen LogP contribution < -0.4 is 16.0 Å². The molecule has 17 heavy (non-hydrogen) atoms. The molecule has 1 heterocycles. The number of likely N-dealkylation sites (tertiary alicyclic amines) is 1. The van der Waals surface area contributed by atoms with Gasteiger partial charge in [-0.25, -0.2) is 4.79 Å². The van der Waals surface area contributed by atoms with Gasteiger partial charge in [0.15, 0.2) is 0 Å². The SMILES string of the molecule is CNC(=O)NC(=O)C(C)NCC1CCN(C)C1. The summed E-state index contributed by atoms with van der Waals surface area (Å²) in [4.78, 5) is 24.8. The van der Waals surface area contributed by atoms with Gasteiger partial charge >= 0.3 is 6.03 Å². The van der Waals surface area contributed by atoms with Crippen LogP contribution in [-0.2, 0) is 4.79 Å². The highest BCUT2D eigenvalue weighted by atomic mass is 16.2. The molecule has 1 rings (SSSR count). The Morgan fingerprint density at radius 1 is 1.47 bits per heavy atom. The molecule has 1 saturated heterocycles. The molecule has 6 nitrogen and oxygen atoms in total. The summed E-state index contributed by atoms with van der Waals surface area (Å²) in [6.07, 6.45) is 1.16. The second-order valence-electron chi connectivity index (χ2n) is 4.62. The predicted octanol–water partition coefficient (Wildman–Crippen LogP) is -0.628. The zero-order valence-corrected chi connectivity index (χ0v) is 10.7. The van der Waals surface area contributed by atoms with Crippen LogP contribution in [0.4, 0.5) is 4.79 Å². The Balaban J connectivity index is 2.22. The van der Waals surface area contributed by atoms with E-state index in [9.17, 15) is 9.59 Å². The van der Waals surface area contributed by atoms with Gasteiger partial charge in [0.05, 0.1) is 6.04 Å². The normalized spacial score (nSPS) is 22.2. The third-order valence-electron chi connectivity index (χ3n) is 3.06. The molecule has 1 fully saturated rings. The Morgan fingerprint density at radius 2 is 2.18 bits per heavy atom. The van der Waals surface area contributed by atoms with Crippen LogP contribution in [0.25, 0.3) is 0 Å². The standard InChI is InChI=1S/C11H22N4O2/c1-8(10(16)14-11(17)12-2)13-6-9-4-5-15(3)7-9/h8-9,13H,4-7H2,1-3H3,(H2,12,14,16,17). The molecule has 0 spiro atoms. The summed E-state index contributed by atoms with van der Waals surface area (Å²) in [5, 5.41) is 7.76. The van der Waals surface area contributed by atoms with Crippen molar-refractivity contribution in [2.24, 2.45) is 5.92 Å². The van der Waals surface area contributed by atoms with Gasteiger partial charge in [-0.3, -0.25) is 10.1 Å². The maximum absolute atomic E-state index is 11.5. The monoisotopic (exact) mass is 242 g/mol. The van der Waals surface area contributed by atoms with Gasteiger partial charge in [0.2, 0.25) is 5.91 Å². The molecule has 2 unspecified atom stereocenters. The molecule has 0 saturated carbocycles. The van der Waals surface area contributed by atoms with Gasteiger partial charge in [0, 0.05) is 13.6 Å². The smallest absolute Gasteiger partial charge is 0.321 e. The summed E-state index contributed by atoms with van der Waals surface area (Å²) in [5.41, 5.74) is 0. The number of rotatable bonds is 4. The fraction of sp³-hybridized carbons (Fsp3) is 0.818. The predicted molar refractivity (Wildman–Crippen MR) is 65.7 cm³/mol. The molecule has 98 valence electrons. The summed E-state index contributed by atoms with van der Waals surface area (Å²) in [6.45, 7) is 4.76. The molecule has 0 aliphatic carbocycles. The van der Waals surface area contributed by atoms with Crippen LogP contribution in [0.1, 0.15) is 13.3 Å². The number of imide groups is 1. The summed E-state index contributed by atoms with van der Waals surface area (Å²) in [6, 6.07) is -0.817. The Morgan fingerprint density at radius 3 is 2.71 bits per heavy atom. The van der Waals surface area contributed by atoms with Crippen molar-refractivity contribution in [1.29, 1.82) is 0 Å². The van der Waals surface area contributed by atoms with Gasteiger partial charge in [-0.2, -0.15) is 0 Å². The molecule has 2 atom stereocenters. The Bertz CT molecular complexity index is 283. The number of amides is 3. The quantitative estimate of drug-likeness (QED) is 0.614. The summed E-state index contributed by atoms with van der Waals surface area (Å²) < 4.78 is 0. The number of hydrogen-bond acceptors (Lipinski definition) is 4. The zero-order valence-electron chi connectivity index (χ0n) is 10.7. The van der Waals surface area contributed by atoms with Crippen LogP contribution in [0.3, 0.4) is 0 Å². The number of carbonyl (C=O) groups excluding carboxylic acids is 2. The molecule has 3 N–H and O–H groups in total. The molecule has 0 aromatic rings. The first-order valence-corrected chi connectivity index (χ1v) is 5.97. The van der Waals surface area contributed by atoms with E-state index in [1.165, 1.54) is 7.05 Å². The lowest BCUT2D eigenvalue weighted by Gasteiger charge is -2.16. The highest BCUT2D eigenvalue weighted by Gasteiger charge is 2.21. The van der Waals surface area contributed by atoms with Crippen LogP contribution in [0, 0.1) is 5.92 Å². The average Bonchev–Trinajstić information content (AvgIpc) is 2.71. The fourth-order valence-corrected chi connectivity index (χ4v) is 1.91. The second kappa shape index (κ2) is 6.56. The highest BCUT2D eigenvalue weighted by Crippen LogP contribution is 2.12. The second-order valence-corrected chi connectivity index (χ2v) is 4.62. The first-order valence-electron chi connectivity index (χ1n) is 5.97. The van der Waals surface area contributed by atoms with Crippen LogP contribution >= 0.6 is 0 Å². The fourth-order valence-electron chi connectivity index (χ4n) is 1.91. The topological polar surface area (TPSA) is 73.5 Å². The van der Waals surface area contributed by atoms with Gasteiger partial charge in [0.25, 0.3) is 0 Å². The minimum atomic E-state index is -0.468. The van der Waals surface area contributed by atoms with Gasteiger partial charge in [-0.05, 0) is 39.4 Å². The van der Waals surface area contributed by atoms with Crippen LogP contribution in [0.5, 0.6) is 0 Å². The first kappa shape index (κ1) is 13.9. The van der Waals surface area contributed by atoms with Crippen molar-refractivity contribution >= 4 is 11.9 Å². The van der Waals surface area contributed by atoms with Crippen LogP contribution in [0.15, 0.2) is 0 Å². The third kappa shape index (κ3) is 4.70. The van der Waals surface area contributed by atoms with E-state index in [1.54, 1.807) is 6.92 Å². The number of nitrogens with one attached hydrogen (secondary N) is 3. The molecule has 6 heteroatoms. The molecular formula is C11H22N4O2. The van der Waals surface area contributed by atoms with Crippen molar-refractivity contribution in [2.45, 2.75) is 19.4 Å². The number of hydrogen-bond donors (Lipinski definition) is 3. The minimum Gasteiger partial charge on any atom is -0.341 e. The van der Waals surface area contributed by atoms with Gasteiger partial charge in [-0.1, -0.05) is 0 Å². The summed E-state index contributed by atoms with van der Waals surface area (Å²) in [7, 11) is 3.58. The maximum Gasteiger partial charge on any atom is 0.321 e. The van der Waals surface area contributed by atoms with E-state index in [-0.39, 0.29) is 11.9 Å². The van der Waals surface area contributed by atoms with Crippen molar-refractivity contribution in [3.8, 4) is 0 Å². The van der Waals surface area contributed by atoms with Crippen molar-refractivity contribution in [1.82, 2.24) is 20.9 Å². The number of carbonyl (C=O) groups is 2. The number of nitrogens with zero attached hydrogens (tertiary/aromatic N) is 1. The zero-order chi connectivity index (χ0) is 12.8. The molecular weight excluding hydrogens is 220 g/mol. The highest BCUT2D eigenvalue weighted by molar-refractivity contribution is 5.96. The Kier molecular flexibility index (Phi) is 5.37. The third-order valence-corrected chi connectivity index (χ3v) is 3.06. The summed E-state index contributed by atoms with van der Waals surface area (Å²) >= 11 is 0. The molecule has 0 radical (unpaired) electrons. The van der Waals surface area contributed by atoms with E-state index in [0.717, 1.165) is 26.1 Å². The van der Waals surface area contributed by atoms with Gasteiger partial charge < -0.3 is 15.5 Å². The van der Waals surface area contributed by atoms with E-state index in [0.29, 0.717) is 5.92 Å². The van der Waals surface area contributed by atoms with Crippen molar-refractivity contribution in [3.63, 3.8) is 0 Å². The van der Waals surface area contributed by atoms with Crippen molar-refractivity contribution in [2.75, 3.05) is 33.7 Å². The lowest BCUT2D eigenvalue weighted by molar-refractivity contribution is -0.121. The van der Waals surface area contributed by atoms with E-state index >= 15 is 0 Å². The van der Waals surface area contributed by atoms with Crippen molar-refractivity contribution in [3.05, 3.63) is 0 Å². The van der Waals surface area contributed by atoms with Crippen LogP contribution in [-0.4, -0.2) is 56.6 Å². The van der Waals surface area contributed by atoms with Gasteiger partial charge in [-0.15, -0.1) is 0 Å². The molecule has 0 aromatic carbocycles. The Hall–Kier alpha value is -1.14. The van der Waals surface area contributed by atoms with Gasteiger partial charge in [0.1, 0.15) is 0 Å². The molecule has 0 bridgehead atoms. The lowest BCUT2D eigenvalue weighted by atomic mass is 10.1. The van der Waals surface area contributed by atoms with E-state index in [4.69, 9.17) is 0 Å². The van der Waals surface area contributed by atoms with Crippen LogP contribution in [0.2, 0.25) is 0 Å². The largest absolute Gasteiger partial charge is 0.341 e. The maximum atomic E-state index is 11.5. The molecule has 0 aromatic heterocycles. The minimum absolute atomic E-state index is 0.296. The summed E-state index contributed by atoms with van der Waals surface area (Å²) in [5.74, 6) is 0.297. The van der Waals surface area contributed by atoms with Crippen molar-refractivity contribution < 1.29 is 9.59 Å².